The molecule has 1 unspecified atom stereocenters. The molecule has 17 heavy (non-hydrogen) atoms. The lowest BCUT2D eigenvalue weighted by atomic mass is 10.1. The van der Waals surface area contributed by atoms with Gasteiger partial charge in [0.05, 0.1) is 19.1 Å². The maximum Gasteiger partial charge on any atom is 0.224 e. The van der Waals surface area contributed by atoms with Gasteiger partial charge in [-0.15, -0.1) is 0 Å². The van der Waals surface area contributed by atoms with Gasteiger partial charge in [-0.2, -0.15) is 0 Å². The van der Waals surface area contributed by atoms with Crippen LogP contribution in [0, 0.1) is 0 Å². The van der Waals surface area contributed by atoms with Crippen LogP contribution in [0.25, 0.3) is 0 Å². The van der Waals surface area contributed by atoms with Crippen molar-refractivity contribution in [2.24, 2.45) is 0 Å². The van der Waals surface area contributed by atoms with E-state index in [0.29, 0.717) is 11.3 Å². The number of hydrogen-bond acceptors (Lipinski definition) is 5. The van der Waals surface area contributed by atoms with E-state index in [2.05, 4.69) is 5.32 Å². The van der Waals surface area contributed by atoms with Gasteiger partial charge in [0.15, 0.2) is 0 Å². The molecule has 0 aromatic heterocycles. The highest BCUT2D eigenvalue weighted by atomic mass is 16.3. The minimum Gasteiger partial charge on any atom is -0.508 e. The van der Waals surface area contributed by atoms with Crippen molar-refractivity contribution in [3.05, 3.63) is 23.8 Å². The first-order valence-corrected chi connectivity index (χ1v) is 5.16. The zero-order chi connectivity index (χ0) is 12.8. The number of amides is 1. The van der Waals surface area contributed by atoms with Crippen LogP contribution in [0.1, 0.15) is 5.56 Å². The summed E-state index contributed by atoms with van der Waals surface area (Å²) >= 11 is 0. The fourth-order valence-corrected chi connectivity index (χ4v) is 1.28. The summed E-state index contributed by atoms with van der Waals surface area (Å²) in [7, 11) is 0. The minimum absolute atomic E-state index is 0.0123. The van der Waals surface area contributed by atoms with Gasteiger partial charge in [-0.3, -0.25) is 4.79 Å². The lowest BCUT2D eigenvalue weighted by Crippen LogP contribution is -2.34. The predicted molar refractivity (Wildman–Crippen MR) is 62.3 cm³/mol. The Kier molecular flexibility index (Phi) is 4.74. The van der Waals surface area contributed by atoms with Crippen LogP contribution >= 0.6 is 0 Å². The van der Waals surface area contributed by atoms with Crippen LogP contribution in [-0.4, -0.2) is 40.5 Å². The zero-order valence-corrected chi connectivity index (χ0v) is 9.26. The average Bonchev–Trinajstić information content (AvgIpc) is 2.30. The maximum absolute atomic E-state index is 11.5. The Morgan fingerprint density at radius 2 is 2.18 bits per heavy atom. The number of rotatable bonds is 5. The van der Waals surface area contributed by atoms with E-state index in [1.54, 1.807) is 0 Å². The smallest absolute Gasteiger partial charge is 0.224 e. The quantitative estimate of drug-likeness (QED) is 0.334. The molecule has 1 aromatic carbocycles. The molecule has 6 N–H and O–H groups in total. The van der Waals surface area contributed by atoms with Gasteiger partial charge in [0.2, 0.25) is 5.91 Å². The molecule has 6 heteroatoms. The van der Waals surface area contributed by atoms with Crippen molar-refractivity contribution >= 4 is 11.6 Å². The molecule has 0 bridgehead atoms. The van der Waals surface area contributed by atoms with E-state index in [0.717, 1.165) is 0 Å². The van der Waals surface area contributed by atoms with Gasteiger partial charge in [0, 0.05) is 12.2 Å². The molecule has 1 atom stereocenters. The fraction of sp³-hybridized carbons (Fsp3) is 0.364. The molecule has 6 nitrogen and oxygen atoms in total. The number of nitrogens with one attached hydrogen (secondary N) is 1. The van der Waals surface area contributed by atoms with Crippen molar-refractivity contribution in [3.63, 3.8) is 0 Å². The summed E-state index contributed by atoms with van der Waals surface area (Å²) in [6.45, 7) is -0.428. The summed E-state index contributed by atoms with van der Waals surface area (Å²) in [6.07, 6.45) is -0.960. The van der Waals surface area contributed by atoms with Gasteiger partial charge < -0.3 is 26.4 Å². The van der Waals surface area contributed by atoms with Crippen molar-refractivity contribution in [2.75, 3.05) is 18.9 Å². The number of benzene rings is 1. The normalized spacial score (nSPS) is 12.1. The van der Waals surface area contributed by atoms with Gasteiger partial charge in [0.1, 0.15) is 5.75 Å². The largest absolute Gasteiger partial charge is 0.508 e. The summed E-state index contributed by atoms with van der Waals surface area (Å²) in [5, 5.41) is 29.3. The SMILES string of the molecule is Nc1ccc(O)cc1CC(=O)NCC(O)CO. The van der Waals surface area contributed by atoms with Gasteiger partial charge in [-0.25, -0.2) is 0 Å². The van der Waals surface area contributed by atoms with E-state index < -0.39 is 12.7 Å². The Hall–Kier alpha value is -1.79. The van der Waals surface area contributed by atoms with E-state index in [1.165, 1.54) is 18.2 Å². The van der Waals surface area contributed by atoms with Crippen molar-refractivity contribution in [1.29, 1.82) is 0 Å². The number of hydrogen-bond donors (Lipinski definition) is 5. The first-order valence-electron chi connectivity index (χ1n) is 5.16. The third-order valence-electron chi connectivity index (χ3n) is 2.22. The molecule has 0 saturated carbocycles. The molecule has 0 aliphatic rings. The highest BCUT2D eigenvalue weighted by Gasteiger charge is 2.09. The van der Waals surface area contributed by atoms with Crippen LogP contribution in [0.5, 0.6) is 5.75 Å². The molecule has 1 aromatic rings. The number of phenolic OH excluding ortho intramolecular Hbond substituents is 1. The zero-order valence-electron chi connectivity index (χ0n) is 9.26. The number of aliphatic hydroxyl groups excluding tert-OH is 2. The van der Waals surface area contributed by atoms with Gasteiger partial charge in [-0.1, -0.05) is 0 Å². The van der Waals surface area contributed by atoms with Gasteiger partial charge in [-0.05, 0) is 23.8 Å². The Morgan fingerprint density at radius 3 is 2.82 bits per heavy atom. The molecular weight excluding hydrogens is 224 g/mol. The molecule has 1 rings (SSSR count). The molecule has 0 aliphatic heterocycles. The second kappa shape index (κ2) is 6.07. The van der Waals surface area contributed by atoms with Crippen LogP contribution in [0.4, 0.5) is 5.69 Å². The van der Waals surface area contributed by atoms with Crippen LogP contribution < -0.4 is 11.1 Å². The highest BCUT2D eigenvalue weighted by molar-refractivity contribution is 5.80. The summed E-state index contributed by atoms with van der Waals surface area (Å²) in [5.41, 5.74) is 6.57. The molecular formula is C11H16N2O4. The molecule has 0 aliphatic carbocycles. The monoisotopic (exact) mass is 240 g/mol. The number of aromatic hydroxyl groups is 1. The third kappa shape index (κ3) is 4.29. The number of nitrogen functional groups attached to an aromatic ring is 1. The Morgan fingerprint density at radius 1 is 1.47 bits per heavy atom. The standard InChI is InChI=1S/C11H16N2O4/c12-10-2-1-8(15)3-7(10)4-11(17)13-5-9(16)6-14/h1-3,9,14-16H,4-6,12H2,(H,13,17). The Bertz CT molecular complexity index is 395. The molecule has 0 radical (unpaired) electrons. The van der Waals surface area contributed by atoms with Gasteiger partial charge >= 0.3 is 0 Å². The van der Waals surface area contributed by atoms with Crippen molar-refractivity contribution in [2.45, 2.75) is 12.5 Å². The lowest BCUT2D eigenvalue weighted by Gasteiger charge is -2.10. The van der Waals surface area contributed by atoms with Crippen molar-refractivity contribution < 1.29 is 20.1 Å². The van der Waals surface area contributed by atoms with Crippen LogP contribution in [-0.2, 0) is 11.2 Å². The first kappa shape index (κ1) is 13.3. The van der Waals surface area contributed by atoms with Crippen LogP contribution in [0.3, 0.4) is 0 Å². The number of aliphatic hydroxyl groups is 2. The molecule has 0 spiro atoms. The number of carbonyl (C=O) groups excluding carboxylic acids is 1. The van der Waals surface area contributed by atoms with E-state index in [4.69, 9.17) is 15.9 Å². The topological polar surface area (TPSA) is 116 Å². The molecule has 0 fully saturated rings. The number of phenols is 1. The molecule has 0 heterocycles. The van der Waals surface area contributed by atoms with Crippen molar-refractivity contribution in [1.82, 2.24) is 5.32 Å². The number of anilines is 1. The Balaban J connectivity index is 2.53. The average molecular weight is 240 g/mol. The molecule has 0 saturated heterocycles. The highest BCUT2D eigenvalue weighted by Crippen LogP contribution is 2.18. The summed E-state index contributed by atoms with van der Waals surface area (Å²) < 4.78 is 0. The first-order chi connectivity index (χ1) is 8.02. The van der Waals surface area contributed by atoms with E-state index >= 15 is 0 Å². The van der Waals surface area contributed by atoms with E-state index in [-0.39, 0.29) is 24.6 Å². The second-order valence-electron chi connectivity index (χ2n) is 3.70. The van der Waals surface area contributed by atoms with E-state index in [1.807, 2.05) is 0 Å². The van der Waals surface area contributed by atoms with Crippen LogP contribution in [0.15, 0.2) is 18.2 Å². The molecule has 94 valence electrons. The third-order valence-corrected chi connectivity index (χ3v) is 2.22. The summed E-state index contributed by atoms with van der Waals surface area (Å²) in [6, 6.07) is 4.37. The number of carbonyl (C=O) groups is 1. The van der Waals surface area contributed by atoms with Gasteiger partial charge in [0.25, 0.3) is 0 Å². The Labute approximate surface area is 98.7 Å². The summed E-state index contributed by atoms with van der Waals surface area (Å²) in [5.74, 6) is -0.299. The lowest BCUT2D eigenvalue weighted by molar-refractivity contribution is -0.121. The van der Waals surface area contributed by atoms with Crippen molar-refractivity contribution in [3.8, 4) is 5.75 Å². The predicted octanol–water partition coefficient (Wildman–Crippen LogP) is -1.01. The molecule has 1 amide bonds. The summed E-state index contributed by atoms with van der Waals surface area (Å²) in [4.78, 5) is 11.5. The van der Waals surface area contributed by atoms with Crippen LogP contribution in [0.2, 0.25) is 0 Å². The number of nitrogens with two attached hydrogens (primary N) is 1. The fourth-order valence-electron chi connectivity index (χ4n) is 1.28. The second-order valence-corrected chi connectivity index (χ2v) is 3.70. The minimum atomic E-state index is -0.972. The maximum atomic E-state index is 11.5. The van der Waals surface area contributed by atoms with E-state index in [9.17, 15) is 9.90 Å².